The zero-order valence-corrected chi connectivity index (χ0v) is 18.5. The van der Waals surface area contributed by atoms with Gasteiger partial charge in [0.05, 0.1) is 12.1 Å². The maximum absolute atomic E-state index is 12.6. The van der Waals surface area contributed by atoms with Crippen molar-refractivity contribution < 1.29 is 14.4 Å². The van der Waals surface area contributed by atoms with Crippen molar-refractivity contribution in [2.24, 2.45) is 4.99 Å². The lowest BCUT2D eigenvalue weighted by atomic mass is 10.1. The highest BCUT2D eigenvalue weighted by Crippen LogP contribution is 2.16. The minimum atomic E-state index is 0.0173. The molecule has 1 fully saturated rings. The van der Waals surface area contributed by atoms with E-state index in [-0.39, 0.29) is 18.1 Å². The fourth-order valence-electron chi connectivity index (χ4n) is 3.19. The molecule has 0 atom stereocenters. The first-order chi connectivity index (χ1) is 15.1. The highest BCUT2D eigenvalue weighted by Gasteiger charge is 2.23. The van der Waals surface area contributed by atoms with E-state index in [2.05, 4.69) is 20.6 Å². The number of aromatic nitrogens is 1. The number of pyridine rings is 1. The van der Waals surface area contributed by atoms with Crippen LogP contribution in [-0.2, 0) is 14.4 Å². The number of nitrogens with one attached hydrogen (secondary N) is 2. The third-order valence-corrected chi connectivity index (χ3v) is 4.83. The van der Waals surface area contributed by atoms with E-state index in [9.17, 15) is 4.79 Å². The molecule has 1 aromatic heterocycles. The molecule has 0 unspecified atom stereocenters. The number of rotatable bonds is 11. The fraction of sp³-hybridized carbons (Fsp3) is 0.636. The minimum Gasteiger partial charge on any atom is -0.381 e. The van der Waals surface area contributed by atoms with Gasteiger partial charge in [-0.1, -0.05) is 12.8 Å². The van der Waals surface area contributed by atoms with Gasteiger partial charge in [-0.15, -0.1) is 0 Å². The van der Waals surface area contributed by atoms with Crippen LogP contribution in [0, 0.1) is 11.5 Å². The van der Waals surface area contributed by atoms with Gasteiger partial charge in [0.1, 0.15) is 0 Å². The van der Waals surface area contributed by atoms with Gasteiger partial charge in [-0.2, -0.15) is 5.26 Å². The van der Waals surface area contributed by atoms with E-state index in [1.54, 1.807) is 29.6 Å². The van der Waals surface area contributed by atoms with Crippen molar-refractivity contribution in [3.05, 3.63) is 24.5 Å². The number of amides is 1. The largest absolute Gasteiger partial charge is 0.381 e. The van der Waals surface area contributed by atoms with Crippen molar-refractivity contribution in [3.8, 4) is 6.19 Å². The van der Waals surface area contributed by atoms with Gasteiger partial charge >= 0.3 is 0 Å². The summed E-state index contributed by atoms with van der Waals surface area (Å²) in [7, 11) is 0. The van der Waals surface area contributed by atoms with E-state index in [1.807, 2.05) is 20.0 Å². The number of guanidine groups is 1. The number of ether oxygens (including phenoxy) is 1. The monoisotopic (exact) mass is 430 g/mol. The molecule has 1 aliphatic rings. The summed E-state index contributed by atoms with van der Waals surface area (Å²) in [6, 6.07) is 3.62. The third kappa shape index (κ3) is 9.77. The Morgan fingerprint density at radius 3 is 2.68 bits per heavy atom. The lowest BCUT2D eigenvalue weighted by molar-refractivity contribution is -0.228. The molecule has 0 radical (unpaired) electrons. The SMILES string of the molecule is CC(C)N(OC1CCOCC1)C(=O)CCCCCCN=C(NC#N)Nc1ccncc1. The molecule has 2 rings (SSSR count). The Balaban J connectivity index is 1.64. The van der Waals surface area contributed by atoms with Crippen LogP contribution in [0.15, 0.2) is 29.5 Å². The molecule has 170 valence electrons. The van der Waals surface area contributed by atoms with E-state index < -0.39 is 0 Å². The molecule has 0 bridgehead atoms. The molecule has 2 N–H and O–H groups in total. The smallest absolute Gasteiger partial charge is 0.246 e. The van der Waals surface area contributed by atoms with E-state index in [0.717, 1.165) is 44.2 Å². The number of carbonyl (C=O) groups is 1. The summed E-state index contributed by atoms with van der Waals surface area (Å²) < 4.78 is 5.35. The molecule has 2 heterocycles. The standard InChI is InChI=1S/C22H34N6O3/c1-18(2)28(31-20-10-15-30-16-11-20)21(29)7-5-3-4-6-12-25-22(26-17-23)27-19-8-13-24-14-9-19/h8-9,13-14,18,20H,3-7,10-12,15-16H2,1-2H3,(H2,24,25,26,27). The number of hydrogen-bond acceptors (Lipinski definition) is 6. The number of nitriles is 1. The lowest BCUT2D eigenvalue weighted by Gasteiger charge is -2.32. The molecular formula is C22H34N6O3. The topological polar surface area (TPSA) is 112 Å². The predicted molar refractivity (Wildman–Crippen MR) is 119 cm³/mol. The van der Waals surface area contributed by atoms with Crippen molar-refractivity contribution in [1.29, 1.82) is 5.26 Å². The molecular weight excluding hydrogens is 396 g/mol. The predicted octanol–water partition coefficient (Wildman–Crippen LogP) is 3.22. The van der Waals surface area contributed by atoms with Crippen LogP contribution in [-0.4, -0.2) is 53.8 Å². The minimum absolute atomic E-state index is 0.0173. The van der Waals surface area contributed by atoms with Crippen LogP contribution in [0.3, 0.4) is 0 Å². The van der Waals surface area contributed by atoms with Crippen molar-refractivity contribution in [2.75, 3.05) is 25.1 Å². The number of anilines is 1. The van der Waals surface area contributed by atoms with Gasteiger partial charge < -0.3 is 10.1 Å². The zero-order chi connectivity index (χ0) is 22.3. The summed E-state index contributed by atoms with van der Waals surface area (Å²) in [5.74, 6) is 0.461. The van der Waals surface area contributed by atoms with Crippen molar-refractivity contribution in [2.45, 2.75) is 70.9 Å². The molecule has 9 nitrogen and oxygen atoms in total. The number of hydrogen-bond donors (Lipinski definition) is 2. The number of aliphatic imine (C=N–C) groups is 1. The molecule has 1 saturated heterocycles. The van der Waals surface area contributed by atoms with Gasteiger partial charge in [0, 0.05) is 44.3 Å². The second-order valence-electron chi connectivity index (χ2n) is 7.72. The molecule has 1 aliphatic heterocycles. The van der Waals surface area contributed by atoms with Crippen LogP contribution in [0.25, 0.3) is 0 Å². The van der Waals surface area contributed by atoms with Crippen molar-refractivity contribution >= 4 is 17.6 Å². The Morgan fingerprint density at radius 2 is 2.00 bits per heavy atom. The first kappa shape index (κ1) is 24.6. The molecule has 31 heavy (non-hydrogen) atoms. The molecule has 1 amide bonds. The van der Waals surface area contributed by atoms with E-state index in [4.69, 9.17) is 14.8 Å². The zero-order valence-electron chi connectivity index (χ0n) is 18.5. The Hall–Kier alpha value is -2.70. The van der Waals surface area contributed by atoms with Crippen LogP contribution in [0.4, 0.5) is 5.69 Å². The average molecular weight is 431 g/mol. The fourth-order valence-corrected chi connectivity index (χ4v) is 3.19. The second-order valence-corrected chi connectivity index (χ2v) is 7.72. The highest BCUT2D eigenvalue weighted by molar-refractivity contribution is 5.94. The first-order valence-corrected chi connectivity index (χ1v) is 11.0. The third-order valence-electron chi connectivity index (χ3n) is 4.83. The van der Waals surface area contributed by atoms with Gasteiger partial charge in [-0.3, -0.25) is 24.9 Å². The molecule has 0 saturated carbocycles. The quantitative estimate of drug-likeness (QED) is 0.138. The van der Waals surface area contributed by atoms with Gasteiger partial charge in [-0.25, -0.2) is 5.06 Å². The van der Waals surface area contributed by atoms with Crippen LogP contribution in [0.5, 0.6) is 0 Å². The average Bonchev–Trinajstić information content (AvgIpc) is 2.78. The summed E-state index contributed by atoms with van der Waals surface area (Å²) in [6.45, 7) is 5.93. The molecule has 0 aliphatic carbocycles. The van der Waals surface area contributed by atoms with Crippen LogP contribution in [0.2, 0.25) is 0 Å². The Kier molecular flexibility index (Phi) is 11.4. The van der Waals surface area contributed by atoms with Crippen molar-refractivity contribution in [1.82, 2.24) is 15.4 Å². The van der Waals surface area contributed by atoms with Crippen LogP contribution >= 0.6 is 0 Å². The van der Waals surface area contributed by atoms with E-state index in [0.29, 0.717) is 32.1 Å². The Labute approximate surface area is 184 Å². The summed E-state index contributed by atoms with van der Waals surface area (Å²) in [6.07, 6.45) is 11.1. The van der Waals surface area contributed by atoms with Crippen LogP contribution in [0.1, 0.15) is 58.8 Å². The second kappa shape index (κ2) is 14.3. The molecule has 0 spiro atoms. The first-order valence-electron chi connectivity index (χ1n) is 11.0. The maximum atomic E-state index is 12.6. The molecule has 1 aromatic rings. The normalized spacial score (nSPS) is 14.8. The van der Waals surface area contributed by atoms with Gasteiger partial charge in [0.15, 0.2) is 6.19 Å². The number of unbranched alkanes of at least 4 members (excludes halogenated alkanes) is 3. The van der Waals surface area contributed by atoms with Gasteiger partial charge in [0.25, 0.3) is 0 Å². The molecule has 9 heteroatoms. The number of hydroxylamine groups is 2. The summed E-state index contributed by atoms with van der Waals surface area (Å²) in [5, 5.41) is 16.0. The molecule has 0 aromatic carbocycles. The number of nitrogens with zero attached hydrogens (tertiary/aromatic N) is 4. The maximum Gasteiger partial charge on any atom is 0.246 e. The van der Waals surface area contributed by atoms with Gasteiger partial charge in [0.2, 0.25) is 11.9 Å². The number of carbonyl (C=O) groups excluding carboxylic acids is 1. The summed E-state index contributed by atoms with van der Waals surface area (Å²) >= 11 is 0. The Morgan fingerprint density at radius 1 is 1.29 bits per heavy atom. The van der Waals surface area contributed by atoms with Gasteiger partial charge in [-0.05, 0) is 51.7 Å². The van der Waals surface area contributed by atoms with Crippen LogP contribution < -0.4 is 10.6 Å². The van der Waals surface area contributed by atoms with E-state index >= 15 is 0 Å². The van der Waals surface area contributed by atoms with E-state index in [1.165, 1.54) is 0 Å². The highest BCUT2D eigenvalue weighted by atomic mass is 16.7. The lowest BCUT2D eigenvalue weighted by Crippen LogP contribution is -2.41. The Bertz CT molecular complexity index is 714. The van der Waals surface area contributed by atoms with Crippen molar-refractivity contribution in [3.63, 3.8) is 0 Å². The summed E-state index contributed by atoms with van der Waals surface area (Å²) in [5.41, 5.74) is 0.813. The summed E-state index contributed by atoms with van der Waals surface area (Å²) in [4.78, 5) is 26.9.